The van der Waals surface area contributed by atoms with Gasteiger partial charge in [-0.1, -0.05) is 48.5 Å². The van der Waals surface area contributed by atoms with Crippen LogP contribution in [-0.2, 0) is 16.0 Å². The number of nitrogens with one attached hydrogen (secondary N) is 1. The molecular weight excluding hydrogens is 340 g/mol. The number of esters is 1. The topological polar surface area (TPSA) is 68.3 Å². The monoisotopic (exact) mass is 362 g/mol. The third kappa shape index (κ3) is 4.70. The van der Waals surface area contributed by atoms with Gasteiger partial charge >= 0.3 is 5.97 Å². The van der Waals surface area contributed by atoms with E-state index in [-0.39, 0.29) is 5.91 Å². The van der Waals surface area contributed by atoms with Gasteiger partial charge in [0.1, 0.15) is 0 Å². The molecule has 1 aromatic heterocycles. The molecule has 1 atom stereocenters. The number of amides is 1. The first-order chi connectivity index (χ1) is 13.0. The largest absolute Gasteiger partial charge is 0.449 e. The van der Waals surface area contributed by atoms with Crippen molar-refractivity contribution in [3.8, 4) is 0 Å². The smallest absolute Gasteiger partial charge is 0.339 e. The number of para-hydroxylation sites is 1. The Balaban J connectivity index is 1.61. The van der Waals surface area contributed by atoms with E-state index in [1.165, 1.54) is 0 Å². The fraction of sp³-hybridized carbons (Fsp3) is 0.227. The Bertz CT molecular complexity index is 954. The van der Waals surface area contributed by atoms with Crippen LogP contribution in [0.3, 0.4) is 0 Å². The normalized spacial score (nSPS) is 11.8. The molecule has 0 bridgehead atoms. The summed E-state index contributed by atoms with van der Waals surface area (Å²) in [6.07, 6.45) is -0.151. The summed E-state index contributed by atoms with van der Waals surface area (Å²) >= 11 is 0. The number of pyridine rings is 1. The first-order valence-corrected chi connectivity index (χ1v) is 8.93. The van der Waals surface area contributed by atoms with Crippen molar-refractivity contribution in [2.45, 2.75) is 26.4 Å². The molecule has 0 fully saturated rings. The summed E-state index contributed by atoms with van der Waals surface area (Å²) in [6.45, 7) is 3.89. The van der Waals surface area contributed by atoms with E-state index in [2.05, 4.69) is 10.3 Å². The summed E-state index contributed by atoms with van der Waals surface area (Å²) in [5, 5.41) is 3.52. The molecule has 2 aromatic carbocycles. The van der Waals surface area contributed by atoms with Gasteiger partial charge in [-0.05, 0) is 38.0 Å². The van der Waals surface area contributed by atoms with E-state index in [0.717, 1.165) is 23.2 Å². The van der Waals surface area contributed by atoms with E-state index in [1.54, 1.807) is 13.0 Å². The number of nitrogens with zero attached hydrogens (tertiary/aromatic N) is 1. The highest BCUT2D eigenvalue weighted by Gasteiger charge is 2.20. The van der Waals surface area contributed by atoms with Crippen LogP contribution in [0.1, 0.15) is 28.5 Å². The third-order valence-corrected chi connectivity index (χ3v) is 4.27. The molecule has 0 aliphatic heterocycles. The summed E-state index contributed by atoms with van der Waals surface area (Å²) in [4.78, 5) is 29.2. The molecule has 0 saturated heterocycles. The number of hydrogen-bond acceptors (Lipinski definition) is 4. The van der Waals surface area contributed by atoms with Gasteiger partial charge in [0.25, 0.3) is 5.91 Å². The Morgan fingerprint density at radius 3 is 2.56 bits per heavy atom. The van der Waals surface area contributed by atoms with Crippen LogP contribution < -0.4 is 5.32 Å². The maximum absolute atomic E-state index is 12.6. The van der Waals surface area contributed by atoms with E-state index in [1.807, 2.05) is 61.5 Å². The lowest BCUT2D eigenvalue weighted by Gasteiger charge is -2.14. The second kappa shape index (κ2) is 8.45. The van der Waals surface area contributed by atoms with E-state index in [9.17, 15) is 9.59 Å². The second-order valence-corrected chi connectivity index (χ2v) is 6.40. The number of carbonyl (C=O) groups excluding carboxylic acids is 2. The van der Waals surface area contributed by atoms with Crippen LogP contribution in [0.15, 0.2) is 60.7 Å². The molecule has 0 aliphatic carbocycles. The average Bonchev–Trinajstić information content (AvgIpc) is 2.67. The summed E-state index contributed by atoms with van der Waals surface area (Å²) in [7, 11) is 0. The molecule has 1 amide bonds. The zero-order valence-electron chi connectivity index (χ0n) is 15.4. The molecular formula is C22H22N2O3. The quantitative estimate of drug-likeness (QED) is 0.682. The SMILES string of the molecule is Cc1cc(C(=O)O[C@@H](C)C(=O)NCCc2ccccc2)c2ccccc2n1. The highest BCUT2D eigenvalue weighted by Crippen LogP contribution is 2.19. The number of carbonyl (C=O) groups is 2. The summed E-state index contributed by atoms with van der Waals surface area (Å²) in [5.74, 6) is -0.836. The standard InChI is InChI=1S/C22H22N2O3/c1-15-14-19(18-10-6-7-11-20(18)24-15)22(26)27-16(2)21(25)23-13-12-17-8-4-3-5-9-17/h3-11,14,16H,12-13H2,1-2H3,(H,23,25)/t16-/m0/s1. The molecule has 0 saturated carbocycles. The number of rotatable bonds is 6. The van der Waals surface area contributed by atoms with Crippen LogP contribution in [-0.4, -0.2) is 29.5 Å². The average molecular weight is 362 g/mol. The molecule has 0 aliphatic rings. The fourth-order valence-electron chi connectivity index (χ4n) is 2.87. The summed E-state index contributed by atoms with van der Waals surface area (Å²) < 4.78 is 5.39. The van der Waals surface area contributed by atoms with E-state index < -0.39 is 12.1 Å². The molecule has 0 spiro atoms. The van der Waals surface area contributed by atoms with Crippen LogP contribution in [0.4, 0.5) is 0 Å². The minimum Gasteiger partial charge on any atom is -0.449 e. The van der Waals surface area contributed by atoms with E-state index >= 15 is 0 Å². The van der Waals surface area contributed by atoms with Gasteiger partial charge in [0.2, 0.25) is 0 Å². The lowest BCUT2D eigenvalue weighted by Crippen LogP contribution is -2.37. The lowest BCUT2D eigenvalue weighted by molar-refractivity contribution is -0.129. The Morgan fingerprint density at radius 1 is 1.07 bits per heavy atom. The number of ether oxygens (including phenoxy) is 1. The molecule has 0 radical (unpaired) electrons. The number of fused-ring (bicyclic) bond motifs is 1. The summed E-state index contributed by atoms with van der Waals surface area (Å²) in [6, 6.07) is 19.0. The van der Waals surface area contributed by atoms with Crippen molar-refractivity contribution in [3.05, 3.63) is 77.5 Å². The van der Waals surface area contributed by atoms with Gasteiger partial charge in [-0.2, -0.15) is 0 Å². The number of hydrogen-bond donors (Lipinski definition) is 1. The van der Waals surface area contributed by atoms with Gasteiger partial charge < -0.3 is 10.1 Å². The summed E-state index contributed by atoms with van der Waals surface area (Å²) in [5.41, 5.74) is 3.01. The molecule has 1 heterocycles. The number of benzene rings is 2. The van der Waals surface area contributed by atoms with Crippen molar-refractivity contribution >= 4 is 22.8 Å². The van der Waals surface area contributed by atoms with Crippen molar-refractivity contribution in [2.75, 3.05) is 6.54 Å². The minimum absolute atomic E-state index is 0.311. The molecule has 0 unspecified atom stereocenters. The van der Waals surface area contributed by atoms with Crippen molar-refractivity contribution in [3.63, 3.8) is 0 Å². The molecule has 3 rings (SSSR count). The van der Waals surface area contributed by atoms with Crippen LogP contribution >= 0.6 is 0 Å². The van der Waals surface area contributed by atoms with Gasteiger partial charge in [0, 0.05) is 17.6 Å². The highest BCUT2D eigenvalue weighted by molar-refractivity contribution is 6.04. The number of aromatic nitrogens is 1. The third-order valence-electron chi connectivity index (χ3n) is 4.27. The lowest BCUT2D eigenvalue weighted by atomic mass is 10.1. The molecule has 1 N–H and O–H groups in total. The predicted octanol–water partition coefficient (Wildman–Crippen LogP) is 3.45. The van der Waals surface area contributed by atoms with Gasteiger partial charge in [-0.3, -0.25) is 9.78 Å². The first kappa shape index (κ1) is 18.6. The van der Waals surface area contributed by atoms with Gasteiger partial charge in [0.15, 0.2) is 6.10 Å². The zero-order chi connectivity index (χ0) is 19.2. The van der Waals surface area contributed by atoms with Crippen LogP contribution in [0.5, 0.6) is 0 Å². The van der Waals surface area contributed by atoms with Gasteiger partial charge in [-0.15, -0.1) is 0 Å². The van der Waals surface area contributed by atoms with Gasteiger partial charge in [-0.25, -0.2) is 4.79 Å². The molecule has 5 nitrogen and oxygen atoms in total. The molecule has 3 aromatic rings. The zero-order valence-corrected chi connectivity index (χ0v) is 15.4. The molecule has 27 heavy (non-hydrogen) atoms. The molecule has 138 valence electrons. The predicted molar refractivity (Wildman–Crippen MR) is 105 cm³/mol. The van der Waals surface area contributed by atoms with E-state index in [0.29, 0.717) is 17.5 Å². The van der Waals surface area contributed by atoms with Crippen LogP contribution in [0, 0.1) is 6.92 Å². The Hall–Kier alpha value is -3.21. The minimum atomic E-state index is -0.875. The van der Waals surface area contributed by atoms with Crippen molar-refractivity contribution in [2.24, 2.45) is 0 Å². The Morgan fingerprint density at radius 2 is 1.78 bits per heavy atom. The Labute approximate surface area is 158 Å². The number of aryl methyl sites for hydroxylation is 1. The molecule has 5 heteroatoms. The Kier molecular flexibility index (Phi) is 5.81. The van der Waals surface area contributed by atoms with Crippen molar-refractivity contribution in [1.82, 2.24) is 10.3 Å². The van der Waals surface area contributed by atoms with Crippen molar-refractivity contribution < 1.29 is 14.3 Å². The maximum Gasteiger partial charge on any atom is 0.339 e. The van der Waals surface area contributed by atoms with Crippen molar-refractivity contribution in [1.29, 1.82) is 0 Å². The maximum atomic E-state index is 12.6. The first-order valence-electron chi connectivity index (χ1n) is 8.93. The van der Waals surface area contributed by atoms with E-state index in [4.69, 9.17) is 4.74 Å². The second-order valence-electron chi connectivity index (χ2n) is 6.40. The van der Waals surface area contributed by atoms with Gasteiger partial charge in [0.05, 0.1) is 11.1 Å². The van der Waals surface area contributed by atoms with Crippen LogP contribution in [0.25, 0.3) is 10.9 Å². The fourth-order valence-corrected chi connectivity index (χ4v) is 2.87. The highest BCUT2D eigenvalue weighted by atomic mass is 16.5. The van der Waals surface area contributed by atoms with Crippen LogP contribution in [0.2, 0.25) is 0 Å².